The molecule has 10 heteroatoms. The Hall–Kier alpha value is -3.53. The quantitative estimate of drug-likeness (QED) is 0.235. The Kier molecular flexibility index (Phi) is 8.49. The first kappa shape index (κ1) is 29.5. The van der Waals surface area contributed by atoms with E-state index in [1.54, 1.807) is 24.3 Å². The first-order valence-electron chi connectivity index (χ1n) is 12.8. The van der Waals surface area contributed by atoms with Crippen molar-refractivity contribution >= 4 is 23.4 Å². The molecule has 3 aromatic rings. The Morgan fingerprint density at radius 1 is 1.10 bits per heavy atom. The number of aromatic nitrogens is 1. The Bertz CT molecular complexity index is 1440. The number of methoxy groups -OCH3 is 2. The summed E-state index contributed by atoms with van der Waals surface area (Å²) >= 11 is 5.99. The maximum Gasteiger partial charge on any atom is 0.330 e. The Balaban J connectivity index is 1.63. The van der Waals surface area contributed by atoms with Gasteiger partial charge in [0.2, 0.25) is 0 Å². The average molecular weight is 571 g/mol. The van der Waals surface area contributed by atoms with Crippen LogP contribution in [0.3, 0.4) is 0 Å². The fourth-order valence-corrected chi connectivity index (χ4v) is 4.35. The van der Waals surface area contributed by atoms with Gasteiger partial charge in [0.25, 0.3) is 0 Å². The Labute approximate surface area is 237 Å². The van der Waals surface area contributed by atoms with E-state index < -0.39 is 22.9 Å². The van der Waals surface area contributed by atoms with E-state index in [0.29, 0.717) is 33.9 Å². The largest absolute Gasteiger partial charge is 0.493 e. The molecule has 1 aromatic heterocycles. The molecule has 1 aliphatic rings. The summed E-state index contributed by atoms with van der Waals surface area (Å²) in [7, 11) is 2.73. The summed E-state index contributed by atoms with van der Waals surface area (Å²) < 4.78 is 29.9. The lowest BCUT2D eigenvalue weighted by atomic mass is 9.87. The number of carbonyl (C=O) groups excluding carboxylic acids is 2. The highest BCUT2D eigenvalue weighted by Crippen LogP contribution is 2.36. The monoisotopic (exact) mass is 570 g/mol. The summed E-state index contributed by atoms with van der Waals surface area (Å²) in [6.45, 7) is 2.99. The number of nitrogens with zero attached hydrogens (tertiary/aromatic N) is 1. The van der Waals surface area contributed by atoms with Crippen LogP contribution in [0.25, 0.3) is 11.3 Å². The van der Waals surface area contributed by atoms with E-state index in [4.69, 9.17) is 31.5 Å². The van der Waals surface area contributed by atoms with Gasteiger partial charge in [0, 0.05) is 17.5 Å². The Morgan fingerprint density at radius 3 is 2.45 bits per heavy atom. The molecule has 0 bridgehead atoms. The van der Waals surface area contributed by atoms with Gasteiger partial charge in [-0.15, -0.1) is 0 Å². The van der Waals surface area contributed by atoms with Crippen molar-refractivity contribution in [2.45, 2.75) is 56.8 Å². The number of aliphatic hydroxyl groups is 1. The first-order chi connectivity index (χ1) is 18.8. The fraction of sp³-hybridized carbons (Fsp3) is 0.367. The third-order valence-corrected chi connectivity index (χ3v) is 7.23. The van der Waals surface area contributed by atoms with Crippen molar-refractivity contribution in [2.75, 3.05) is 14.2 Å². The molecule has 212 valence electrons. The van der Waals surface area contributed by atoms with E-state index >= 15 is 0 Å². The van der Waals surface area contributed by atoms with E-state index in [1.165, 1.54) is 52.3 Å². The molecule has 0 amide bonds. The van der Waals surface area contributed by atoms with Crippen molar-refractivity contribution in [1.82, 2.24) is 4.98 Å². The van der Waals surface area contributed by atoms with Crippen molar-refractivity contribution in [3.05, 3.63) is 76.2 Å². The van der Waals surface area contributed by atoms with Crippen LogP contribution in [0.5, 0.6) is 11.5 Å². The van der Waals surface area contributed by atoms with Gasteiger partial charge in [-0.25, -0.2) is 14.2 Å². The predicted molar refractivity (Wildman–Crippen MR) is 148 cm³/mol. The van der Waals surface area contributed by atoms with Crippen LogP contribution in [0, 0.1) is 5.82 Å². The lowest BCUT2D eigenvalue weighted by molar-refractivity contribution is -0.146. The molecule has 0 spiro atoms. The molecule has 1 heterocycles. The topological polar surface area (TPSA) is 121 Å². The number of pyridine rings is 1. The smallest absolute Gasteiger partial charge is 0.330 e. The molecule has 40 heavy (non-hydrogen) atoms. The molecule has 2 unspecified atom stereocenters. The van der Waals surface area contributed by atoms with Crippen LogP contribution in [0.2, 0.25) is 5.02 Å². The second-order valence-corrected chi connectivity index (χ2v) is 10.7. The molecule has 1 aliphatic carbocycles. The standard InChI is InChI=1S/C30H32ClFN2O6/c1-29(37,12-11-24(35)18-6-10-25(26(14-18)38-3)40-20-7-8-20)27-16-19(30(2,33)28(36)39-4)15-23(34-27)17-5-9-22(32)21(31)13-17/h5-6,9-10,13-16,20,37H,7-8,11-12,33H2,1-4H3. The van der Waals surface area contributed by atoms with Gasteiger partial charge in [-0.3, -0.25) is 4.79 Å². The molecule has 1 fully saturated rings. The predicted octanol–water partition coefficient (Wildman–Crippen LogP) is 5.31. The molecule has 4 rings (SSSR count). The maximum atomic E-state index is 13.8. The molecule has 3 N–H and O–H groups in total. The van der Waals surface area contributed by atoms with Gasteiger partial charge in [0.15, 0.2) is 17.3 Å². The van der Waals surface area contributed by atoms with Crippen LogP contribution in [0.1, 0.15) is 61.1 Å². The number of nitrogens with two attached hydrogens (primary N) is 1. The van der Waals surface area contributed by atoms with Gasteiger partial charge in [-0.2, -0.15) is 0 Å². The summed E-state index contributed by atoms with van der Waals surface area (Å²) in [5.74, 6) is -0.471. The molecule has 0 aliphatic heterocycles. The highest BCUT2D eigenvalue weighted by Gasteiger charge is 2.35. The van der Waals surface area contributed by atoms with Crippen molar-refractivity contribution in [1.29, 1.82) is 0 Å². The highest BCUT2D eigenvalue weighted by atomic mass is 35.5. The lowest BCUT2D eigenvalue weighted by Gasteiger charge is -2.27. The van der Waals surface area contributed by atoms with Crippen LogP contribution >= 0.6 is 11.6 Å². The van der Waals surface area contributed by atoms with Gasteiger partial charge < -0.3 is 25.1 Å². The number of rotatable bonds is 11. The number of benzene rings is 2. The second-order valence-electron chi connectivity index (χ2n) is 10.3. The summed E-state index contributed by atoms with van der Waals surface area (Å²) in [4.78, 5) is 30.2. The van der Waals surface area contributed by atoms with Gasteiger partial charge in [0.05, 0.1) is 36.7 Å². The van der Waals surface area contributed by atoms with Gasteiger partial charge >= 0.3 is 5.97 Å². The van der Waals surface area contributed by atoms with Crippen molar-refractivity contribution < 1.29 is 33.3 Å². The molecule has 8 nitrogen and oxygen atoms in total. The number of ether oxygens (including phenoxy) is 3. The van der Waals surface area contributed by atoms with E-state index in [0.717, 1.165) is 12.8 Å². The molecular weight excluding hydrogens is 539 g/mol. The zero-order valence-corrected chi connectivity index (χ0v) is 23.5. The zero-order valence-electron chi connectivity index (χ0n) is 22.8. The number of hydrogen-bond acceptors (Lipinski definition) is 8. The van der Waals surface area contributed by atoms with Crippen LogP contribution in [-0.4, -0.2) is 42.2 Å². The van der Waals surface area contributed by atoms with Gasteiger partial charge in [0.1, 0.15) is 17.0 Å². The van der Waals surface area contributed by atoms with E-state index in [9.17, 15) is 19.1 Å². The number of hydrogen-bond donors (Lipinski definition) is 2. The third-order valence-electron chi connectivity index (χ3n) is 6.94. The minimum absolute atomic E-state index is 0.00799. The fourth-order valence-electron chi connectivity index (χ4n) is 4.17. The molecule has 2 aromatic carbocycles. The maximum absolute atomic E-state index is 13.8. The first-order valence-corrected chi connectivity index (χ1v) is 13.2. The van der Waals surface area contributed by atoms with Crippen LogP contribution < -0.4 is 15.2 Å². The average Bonchev–Trinajstić information content (AvgIpc) is 3.76. The van der Waals surface area contributed by atoms with E-state index in [1.807, 2.05) is 0 Å². The number of Topliss-reactive ketones (excluding diaryl/α,β-unsaturated/α-hetero) is 1. The van der Waals surface area contributed by atoms with Gasteiger partial charge in [-0.05, 0) is 87.2 Å². The van der Waals surface area contributed by atoms with E-state index in [2.05, 4.69) is 4.98 Å². The number of halogens is 2. The zero-order chi connectivity index (χ0) is 29.2. The van der Waals surface area contributed by atoms with E-state index in [-0.39, 0.29) is 35.4 Å². The Morgan fingerprint density at radius 2 is 1.82 bits per heavy atom. The minimum Gasteiger partial charge on any atom is -0.493 e. The summed E-state index contributed by atoms with van der Waals surface area (Å²) in [6, 6.07) is 12.1. The molecule has 0 radical (unpaired) electrons. The number of ketones is 1. The lowest BCUT2D eigenvalue weighted by Crippen LogP contribution is -2.43. The van der Waals surface area contributed by atoms with Crippen molar-refractivity contribution in [3.63, 3.8) is 0 Å². The second kappa shape index (κ2) is 11.5. The summed E-state index contributed by atoms with van der Waals surface area (Å²) in [5.41, 5.74) is 4.78. The van der Waals surface area contributed by atoms with Crippen LogP contribution in [0.4, 0.5) is 4.39 Å². The number of carbonyl (C=O) groups is 2. The normalized spacial score (nSPS) is 16.0. The van der Waals surface area contributed by atoms with Gasteiger partial charge in [-0.1, -0.05) is 11.6 Å². The van der Waals surface area contributed by atoms with Crippen molar-refractivity contribution in [3.8, 4) is 22.8 Å². The van der Waals surface area contributed by atoms with Crippen LogP contribution in [0.15, 0.2) is 48.5 Å². The van der Waals surface area contributed by atoms with Crippen molar-refractivity contribution in [2.24, 2.45) is 5.73 Å². The molecule has 1 saturated carbocycles. The highest BCUT2D eigenvalue weighted by molar-refractivity contribution is 6.31. The third kappa shape index (κ3) is 6.43. The molecule has 2 atom stereocenters. The number of esters is 1. The van der Waals surface area contributed by atoms with Crippen LogP contribution in [-0.2, 0) is 20.7 Å². The molecular formula is C30H32ClFN2O6. The SMILES string of the molecule is COC(=O)C(C)(N)c1cc(-c2ccc(F)c(Cl)c2)nc(C(C)(O)CCC(=O)c2ccc(OC3CC3)c(OC)c2)c1. The summed E-state index contributed by atoms with van der Waals surface area (Å²) in [5, 5.41) is 11.4. The molecule has 0 saturated heterocycles. The summed E-state index contributed by atoms with van der Waals surface area (Å²) in [6.07, 6.45) is 2.16. The minimum atomic E-state index is -1.60.